The number of nitrogens with zero attached hydrogens (tertiary/aromatic N) is 1. The Morgan fingerprint density at radius 3 is 2.77 bits per heavy atom. The minimum atomic E-state index is -0.291. The Kier molecular flexibility index (Phi) is 6.14. The normalized spacial score (nSPS) is 10.3. The Balaban J connectivity index is 1.54. The zero-order valence-electron chi connectivity index (χ0n) is 12.3. The Hall–Kier alpha value is -2.15. The predicted octanol–water partition coefficient (Wildman–Crippen LogP) is 2.86. The van der Waals surface area contributed by atoms with Gasteiger partial charge in [0, 0.05) is 11.9 Å². The Bertz CT molecular complexity index is 601. The molecule has 5 nitrogen and oxygen atoms in total. The Labute approximate surface area is 132 Å². The monoisotopic (exact) mass is 323 g/mol. The SMILES string of the molecule is Cc1nc(CNC(=O)NCCCOc2ccc(F)cc2)cs1. The smallest absolute Gasteiger partial charge is 0.315 e. The van der Waals surface area contributed by atoms with Crippen molar-refractivity contribution >= 4 is 17.4 Å². The highest BCUT2D eigenvalue weighted by Crippen LogP contribution is 2.11. The first-order chi connectivity index (χ1) is 10.6. The maximum Gasteiger partial charge on any atom is 0.315 e. The summed E-state index contributed by atoms with van der Waals surface area (Å²) in [5.41, 5.74) is 0.859. The summed E-state index contributed by atoms with van der Waals surface area (Å²) in [5, 5.41) is 8.38. The summed E-state index contributed by atoms with van der Waals surface area (Å²) < 4.78 is 18.1. The molecule has 0 radical (unpaired) electrons. The summed E-state index contributed by atoms with van der Waals surface area (Å²) >= 11 is 1.56. The van der Waals surface area contributed by atoms with E-state index in [1.165, 1.54) is 12.1 Å². The van der Waals surface area contributed by atoms with Crippen molar-refractivity contribution in [3.8, 4) is 5.75 Å². The molecule has 0 unspecified atom stereocenters. The number of amides is 2. The van der Waals surface area contributed by atoms with Crippen LogP contribution in [0.25, 0.3) is 0 Å². The summed E-state index contributed by atoms with van der Waals surface area (Å²) in [5.74, 6) is 0.325. The van der Waals surface area contributed by atoms with Crippen LogP contribution in [0, 0.1) is 12.7 Å². The van der Waals surface area contributed by atoms with E-state index in [1.54, 1.807) is 23.5 Å². The topological polar surface area (TPSA) is 63.2 Å². The van der Waals surface area contributed by atoms with Crippen LogP contribution in [0.2, 0.25) is 0 Å². The van der Waals surface area contributed by atoms with Gasteiger partial charge in [0.2, 0.25) is 0 Å². The molecule has 0 saturated carbocycles. The average molecular weight is 323 g/mol. The number of aryl methyl sites for hydroxylation is 1. The van der Waals surface area contributed by atoms with Crippen molar-refractivity contribution in [3.05, 3.63) is 46.2 Å². The molecule has 1 heterocycles. The van der Waals surface area contributed by atoms with Crippen LogP contribution in [0.1, 0.15) is 17.1 Å². The van der Waals surface area contributed by atoms with Crippen LogP contribution in [0.15, 0.2) is 29.6 Å². The van der Waals surface area contributed by atoms with Gasteiger partial charge in [0.05, 0.1) is 23.9 Å². The van der Waals surface area contributed by atoms with E-state index in [0.717, 1.165) is 10.7 Å². The molecule has 2 amide bonds. The maximum absolute atomic E-state index is 12.7. The van der Waals surface area contributed by atoms with Gasteiger partial charge in [-0.1, -0.05) is 0 Å². The number of urea groups is 1. The van der Waals surface area contributed by atoms with Crippen molar-refractivity contribution in [2.45, 2.75) is 19.9 Å². The fourth-order valence-electron chi connectivity index (χ4n) is 1.72. The van der Waals surface area contributed by atoms with Crippen molar-refractivity contribution in [2.24, 2.45) is 0 Å². The zero-order chi connectivity index (χ0) is 15.8. The second-order valence-corrected chi connectivity index (χ2v) is 5.69. The highest BCUT2D eigenvalue weighted by molar-refractivity contribution is 7.09. The van der Waals surface area contributed by atoms with Crippen molar-refractivity contribution in [2.75, 3.05) is 13.2 Å². The number of hydrogen-bond acceptors (Lipinski definition) is 4. The van der Waals surface area contributed by atoms with Crippen LogP contribution in [0.3, 0.4) is 0 Å². The molecule has 0 atom stereocenters. The fraction of sp³-hybridized carbons (Fsp3) is 0.333. The second-order valence-electron chi connectivity index (χ2n) is 4.62. The van der Waals surface area contributed by atoms with Crippen LogP contribution >= 0.6 is 11.3 Å². The number of halogens is 1. The molecule has 1 aromatic carbocycles. The molecule has 1 aromatic heterocycles. The van der Waals surface area contributed by atoms with Gasteiger partial charge < -0.3 is 15.4 Å². The van der Waals surface area contributed by atoms with E-state index in [-0.39, 0.29) is 11.8 Å². The molecule has 2 N–H and O–H groups in total. The van der Waals surface area contributed by atoms with Crippen molar-refractivity contribution < 1.29 is 13.9 Å². The largest absolute Gasteiger partial charge is 0.494 e. The minimum Gasteiger partial charge on any atom is -0.494 e. The summed E-state index contributed by atoms with van der Waals surface area (Å²) in [6, 6.07) is 5.62. The van der Waals surface area contributed by atoms with Crippen LogP contribution < -0.4 is 15.4 Å². The van der Waals surface area contributed by atoms with Crippen LogP contribution in [-0.4, -0.2) is 24.2 Å². The highest BCUT2D eigenvalue weighted by Gasteiger charge is 2.02. The number of thiazole rings is 1. The molecule has 0 aliphatic carbocycles. The summed E-state index contributed by atoms with van der Waals surface area (Å²) in [6.07, 6.45) is 0.667. The molecule has 0 aliphatic heterocycles. The first kappa shape index (κ1) is 16.2. The molecule has 0 saturated heterocycles. The summed E-state index contributed by atoms with van der Waals surface area (Å²) in [4.78, 5) is 15.8. The van der Waals surface area contributed by atoms with Crippen LogP contribution in [0.4, 0.5) is 9.18 Å². The number of carbonyl (C=O) groups excluding carboxylic acids is 1. The molecule has 0 spiro atoms. The Morgan fingerprint density at radius 1 is 1.32 bits per heavy atom. The van der Waals surface area contributed by atoms with Crippen LogP contribution in [0.5, 0.6) is 5.75 Å². The highest BCUT2D eigenvalue weighted by atomic mass is 32.1. The van der Waals surface area contributed by atoms with E-state index in [2.05, 4.69) is 15.6 Å². The van der Waals surface area contributed by atoms with Crippen molar-refractivity contribution in [1.82, 2.24) is 15.6 Å². The second kappa shape index (κ2) is 8.33. The summed E-state index contributed by atoms with van der Waals surface area (Å²) in [7, 11) is 0. The van der Waals surface area contributed by atoms with Crippen molar-refractivity contribution in [1.29, 1.82) is 0 Å². The number of carbonyl (C=O) groups is 1. The summed E-state index contributed by atoms with van der Waals surface area (Å²) in [6.45, 7) is 3.30. The molecule has 0 fully saturated rings. The van der Waals surface area contributed by atoms with Gasteiger partial charge in [0.1, 0.15) is 11.6 Å². The third-order valence-electron chi connectivity index (χ3n) is 2.79. The lowest BCUT2D eigenvalue weighted by Crippen LogP contribution is -2.36. The maximum atomic E-state index is 12.7. The van der Waals surface area contributed by atoms with Gasteiger partial charge in [-0.05, 0) is 37.6 Å². The molecule has 0 bridgehead atoms. The lowest BCUT2D eigenvalue weighted by atomic mass is 10.3. The van der Waals surface area contributed by atoms with Gasteiger partial charge in [0.15, 0.2) is 0 Å². The molecule has 118 valence electrons. The van der Waals surface area contributed by atoms with Gasteiger partial charge in [-0.25, -0.2) is 14.2 Å². The van der Waals surface area contributed by atoms with Gasteiger partial charge in [-0.15, -0.1) is 11.3 Å². The number of aromatic nitrogens is 1. The first-order valence-corrected chi connectivity index (χ1v) is 7.82. The van der Waals surface area contributed by atoms with Crippen molar-refractivity contribution in [3.63, 3.8) is 0 Å². The average Bonchev–Trinajstić information content (AvgIpc) is 2.92. The lowest BCUT2D eigenvalue weighted by Gasteiger charge is -2.08. The number of rotatable bonds is 7. The number of nitrogens with one attached hydrogen (secondary N) is 2. The van der Waals surface area contributed by atoms with E-state index in [9.17, 15) is 9.18 Å². The molecular formula is C15H18FN3O2S. The van der Waals surface area contributed by atoms with E-state index in [4.69, 9.17) is 4.74 Å². The standard InChI is InChI=1S/C15H18FN3O2S/c1-11-19-13(10-22-11)9-18-15(20)17-7-2-8-21-14-5-3-12(16)4-6-14/h3-6,10H,2,7-9H2,1H3,(H2,17,18,20). The lowest BCUT2D eigenvalue weighted by molar-refractivity contribution is 0.238. The first-order valence-electron chi connectivity index (χ1n) is 6.94. The number of hydrogen-bond donors (Lipinski definition) is 2. The van der Waals surface area contributed by atoms with E-state index in [1.807, 2.05) is 12.3 Å². The van der Waals surface area contributed by atoms with E-state index >= 15 is 0 Å². The number of ether oxygens (including phenoxy) is 1. The van der Waals surface area contributed by atoms with Gasteiger partial charge in [-0.3, -0.25) is 0 Å². The van der Waals surface area contributed by atoms with E-state index in [0.29, 0.717) is 31.9 Å². The third-order valence-corrected chi connectivity index (χ3v) is 3.61. The quantitative estimate of drug-likeness (QED) is 0.770. The van der Waals surface area contributed by atoms with E-state index < -0.39 is 0 Å². The molecule has 2 rings (SSSR count). The minimum absolute atomic E-state index is 0.229. The fourth-order valence-corrected chi connectivity index (χ4v) is 2.33. The van der Waals surface area contributed by atoms with Gasteiger partial charge in [-0.2, -0.15) is 0 Å². The van der Waals surface area contributed by atoms with Crippen LogP contribution in [-0.2, 0) is 6.54 Å². The van der Waals surface area contributed by atoms with Gasteiger partial charge >= 0.3 is 6.03 Å². The van der Waals surface area contributed by atoms with Gasteiger partial charge in [0.25, 0.3) is 0 Å². The molecular weight excluding hydrogens is 305 g/mol. The zero-order valence-corrected chi connectivity index (χ0v) is 13.1. The molecule has 7 heteroatoms. The molecule has 2 aromatic rings. The molecule has 22 heavy (non-hydrogen) atoms. The Morgan fingerprint density at radius 2 is 2.09 bits per heavy atom. The number of benzene rings is 1. The third kappa shape index (κ3) is 5.69. The predicted molar refractivity (Wildman–Crippen MR) is 83.6 cm³/mol. The molecule has 0 aliphatic rings.